The highest BCUT2D eigenvalue weighted by atomic mass is 35.5. The van der Waals surface area contributed by atoms with Gasteiger partial charge >= 0.3 is 0 Å². The van der Waals surface area contributed by atoms with Crippen molar-refractivity contribution in [3.63, 3.8) is 0 Å². The molecule has 2 saturated heterocycles. The van der Waals surface area contributed by atoms with Crippen molar-refractivity contribution < 1.29 is 14.4 Å². The van der Waals surface area contributed by atoms with E-state index >= 15 is 0 Å². The number of nitrogens with zero attached hydrogens (tertiary/aromatic N) is 3. The van der Waals surface area contributed by atoms with Crippen LogP contribution in [0.5, 0.6) is 0 Å². The lowest BCUT2D eigenvalue weighted by Gasteiger charge is -2.36. The van der Waals surface area contributed by atoms with E-state index in [1.54, 1.807) is 28.0 Å². The first-order chi connectivity index (χ1) is 13.9. The van der Waals surface area contributed by atoms with Crippen LogP contribution in [0.4, 0.5) is 0 Å². The van der Waals surface area contributed by atoms with Crippen molar-refractivity contribution in [1.82, 2.24) is 14.7 Å². The first-order valence-corrected chi connectivity index (χ1v) is 11.0. The van der Waals surface area contributed by atoms with Gasteiger partial charge in [0.15, 0.2) is 0 Å². The Morgan fingerprint density at radius 1 is 0.966 bits per heavy atom. The molecule has 0 aromatic heterocycles. The Labute approximate surface area is 180 Å². The largest absolute Gasteiger partial charge is 0.339 e. The molecule has 1 aromatic rings. The summed E-state index contributed by atoms with van der Waals surface area (Å²) in [6.07, 6.45) is 4.76. The van der Waals surface area contributed by atoms with Gasteiger partial charge < -0.3 is 14.7 Å². The van der Waals surface area contributed by atoms with Gasteiger partial charge in [-0.3, -0.25) is 14.4 Å². The molecule has 0 N–H and O–H groups in total. The summed E-state index contributed by atoms with van der Waals surface area (Å²) in [5.41, 5.74) is 0.421. The molecule has 4 rings (SSSR count). The Bertz CT molecular complexity index is 817. The summed E-state index contributed by atoms with van der Waals surface area (Å²) in [6.45, 7) is 2.41. The normalized spacial score (nSPS) is 23.2. The van der Waals surface area contributed by atoms with Crippen LogP contribution in [0.25, 0.3) is 0 Å². The number of halogens is 2. The van der Waals surface area contributed by atoms with Gasteiger partial charge in [-0.05, 0) is 31.0 Å². The van der Waals surface area contributed by atoms with E-state index in [1.165, 1.54) is 12.8 Å². The second-order valence-corrected chi connectivity index (χ2v) is 8.97. The summed E-state index contributed by atoms with van der Waals surface area (Å²) in [7, 11) is 0. The standard InChI is InChI=1S/C21H25Cl2N3O3/c22-15-5-6-17(18(23)12-15)21(29)25-9-7-24(8-10-25)20(28)14-11-19(27)26(13-14)16-3-1-2-4-16/h5-6,12,14,16H,1-4,7-11,13H2. The zero-order chi connectivity index (χ0) is 20.5. The van der Waals surface area contributed by atoms with Crippen LogP contribution in [-0.2, 0) is 9.59 Å². The first kappa shape index (κ1) is 20.5. The van der Waals surface area contributed by atoms with Gasteiger partial charge in [0.05, 0.1) is 16.5 Å². The molecule has 3 amide bonds. The molecule has 3 aliphatic rings. The van der Waals surface area contributed by atoms with E-state index in [2.05, 4.69) is 0 Å². The molecule has 0 radical (unpaired) electrons. The predicted molar refractivity (Wildman–Crippen MR) is 111 cm³/mol. The number of hydrogen-bond donors (Lipinski definition) is 0. The Morgan fingerprint density at radius 3 is 2.28 bits per heavy atom. The third-order valence-electron chi connectivity index (χ3n) is 6.31. The fraction of sp³-hybridized carbons (Fsp3) is 0.571. The lowest BCUT2D eigenvalue weighted by atomic mass is 10.1. The highest BCUT2D eigenvalue weighted by Gasteiger charge is 2.40. The molecule has 1 unspecified atom stereocenters. The maximum atomic E-state index is 13.0. The fourth-order valence-corrected chi connectivity index (χ4v) is 5.18. The summed E-state index contributed by atoms with van der Waals surface area (Å²) >= 11 is 12.1. The molecule has 156 valence electrons. The second-order valence-electron chi connectivity index (χ2n) is 8.13. The SMILES string of the molecule is O=C(c1ccc(Cl)cc1Cl)N1CCN(C(=O)C2CC(=O)N(C3CCCC3)C2)CC1. The predicted octanol–water partition coefficient (Wildman–Crippen LogP) is 3.07. The maximum Gasteiger partial charge on any atom is 0.255 e. The molecular formula is C21H25Cl2N3O3. The lowest BCUT2D eigenvalue weighted by molar-refractivity contribution is -0.137. The Hall–Kier alpha value is -1.79. The number of piperazine rings is 1. The van der Waals surface area contributed by atoms with Gasteiger partial charge in [-0.2, -0.15) is 0 Å². The number of likely N-dealkylation sites (tertiary alicyclic amines) is 1. The number of rotatable bonds is 3. The number of benzene rings is 1. The van der Waals surface area contributed by atoms with Gasteiger partial charge in [0.25, 0.3) is 5.91 Å². The van der Waals surface area contributed by atoms with Gasteiger partial charge in [0.1, 0.15) is 0 Å². The molecule has 2 aliphatic heterocycles. The first-order valence-electron chi connectivity index (χ1n) is 10.3. The molecule has 0 spiro atoms. The molecule has 29 heavy (non-hydrogen) atoms. The van der Waals surface area contributed by atoms with E-state index in [1.807, 2.05) is 4.90 Å². The molecule has 1 atom stereocenters. The van der Waals surface area contributed by atoms with E-state index in [0.29, 0.717) is 60.8 Å². The maximum absolute atomic E-state index is 13.0. The zero-order valence-corrected chi connectivity index (χ0v) is 17.8. The van der Waals surface area contributed by atoms with Crippen molar-refractivity contribution in [2.45, 2.75) is 38.1 Å². The highest BCUT2D eigenvalue weighted by molar-refractivity contribution is 6.36. The van der Waals surface area contributed by atoms with E-state index in [-0.39, 0.29) is 23.6 Å². The van der Waals surface area contributed by atoms with E-state index < -0.39 is 0 Å². The number of hydrogen-bond acceptors (Lipinski definition) is 3. The van der Waals surface area contributed by atoms with E-state index in [4.69, 9.17) is 23.2 Å². The van der Waals surface area contributed by atoms with Crippen LogP contribution < -0.4 is 0 Å². The van der Waals surface area contributed by atoms with Crippen LogP contribution in [0, 0.1) is 5.92 Å². The van der Waals surface area contributed by atoms with Crippen LogP contribution in [0.1, 0.15) is 42.5 Å². The minimum absolute atomic E-state index is 0.0375. The van der Waals surface area contributed by atoms with Crippen molar-refractivity contribution in [3.05, 3.63) is 33.8 Å². The molecule has 2 heterocycles. The minimum Gasteiger partial charge on any atom is -0.339 e. The van der Waals surface area contributed by atoms with Gasteiger partial charge in [-0.25, -0.2) is 0 Å². The number of amides is 3. The third kappa shape index (κ3) is 4.24. The summed E-state index contributed by atoms with van der Waals surface area (Å²) < 4.78 is 0. The summed E-state index contributed by atoms with van der Waals surface area (Å²) in [5.74, 6) is -0.254. The highest BCUT2D eigenvalue weighted by Crippen LogP contribution is 2.30. The van der Waals surface area contributed by atoms with Crippen LogP contribution in [0.3, 0.4) is 0 Å². The number of carbonyl (C=O) groups excluding carboxylic acids is 3. The van der Waals surface area contributed by atoms with Crippen LogP contribution in [-0.4, -0.2) is 71.2 Å². The molecular weight excluding hydrogens is 413 g/mol. The van der Waals surface area contributed by atoms with Crippen molar-refractivity contribution in [2.24, 2.45) is 5.92 Å². The van der Waals surface area contributed by atoms with Crippen LogP contribution in [0.2, 0.25) is 10.0 Å². The smallest absolute Gasteiger partial charge is 0.255 e. The molecule has 1 aliphatic carbocycles. The Kier molecular flexibility index (Phi) is 6.02. The lowest BCUT2D eigenvalue weighted by Crippen LogP contribution is -2.52. The second kappa shape index (κ2) is 8.52. The molecule has 0 bridgehead atoms. The molecule has 6 nitrogen and oxygen atoms in total. The molecule has 1 aromatic carbocycles. The minimum atomic E-state index is -0.254. The van der Waals surface area contributed by atoms with Gasteiger partial charge in [-0.1, -0.05) is 36.0 Å². The van der Waals surface area contributed by atoms with Gasteiger partial charge in [0, 0.05) is 50.2 Å². The monoisotopic (exact) mass is 437 g/mol. The van der Waals surface area contributed by atoms with Crippen molar-refractivity contribution in [3.8, 4) is 0 Å². The number of carbonyl (C=O) groups is 3. The molecule has 8 heteroatoms. The Morgan fingerprint density at radius 2 is 1.62 bits per heavy atom. The van der Waals surface area contributed by atoms with Crippen LogP contribution in [0.15, 0.2) is 18.2 Å². The van der Waals surface area contributed by atoms with Crippen molar-refractivity contribution >= 4 is 40.9 Å². The van der Waals surface area contributed by atoms with E-state index in [9.17, 15) is 14.4 Å². The Balaban J connectivity index is 1.33. The summed E-state index contributed by atoms with van der Waals surface area (Å²) in [6, 6.07) is 5.15. The van der Waals surface area contributed by atoms with Crippen molar-refractivity contribution in [1.29, 1.82) is 0 Å². The van der Waals surface area contributed by atoms with Crippen molar-refractivity contribution in [2.75, 3.05) is 32.7 Å². The summed E-state index contributed by atoms with van der Waals surface area (Å²) in [4.78, 5) is 43.5. The van der Waals surface area contributed by atoms with Gasteiger partial charge in [0.2, 0.25) is 11.8 Å². The zero-order valence-electron chi connectivity index (χ0n) is 16.3. The van der Waals surface area contributed by atoms with E-state index in [0.717, 1.165) is 12.8 Å². The topological polar surface area (TPSA) is 60.9 Å². The molecule has 1 saturated carbocycles. The average Bonchev–Trinajstić information content (AvgIpc) is 3.36. The quantitative estimate of drug-likeness (QED) is 0.729. The van der Waals surface area contributed by atoms with Crippen LogP contribution >= 0.6 is 23.2 Å². The van der Waals surface area contributed by atoms with Gasteiger partial charge in [-0.15, -0.1) is 0 Å². The average molecular weight is 438 g/mol. The summed E-state index contributed by atoms with van der Waals surface area (Å²) in [5, 5.41) is 0.817. The third-order valence-corrected chi connectivity index (χ3v) is 6.86. The fourth-order valence-electron chi connectivity index (χ4n) is 4.69. The molecule has 3 fully saturated rings.